The van der Waals surface area contributed by atoms with E-state index in [4.69, 9.17) is 4.74 Å². The van der Waals surface area contributed by atoms with E-state index in [-0.39, 0.29) is 6.04 Å². The van der Waals surface area contributed by atoms with E-state index in [1.54, 1.807) is 0 Å². The minimum Gasteiger partial charge on any atom is -0.494 e. The van der Waals surface area contributed by atoms with Crippen molar-refractivity contribution in [2.75, 3.05) is 13.7 Å². The Hall–Kier alpha value is -1.71. The Morgan fingerprint density at radius 3 is 2.50 bits per heavy atom. The second-order valence-corrected chi connectivity index (χ2v) is 3.36. The molecule has 0 fully saturated rings. The highest BCUT2D eigenvalue weighted by molar-refractivity contribution is 5.67. The number of carbonyl (C=O) groups is 1. The van der Waals surface area contributed by atoms with E-state index < -0.39 is 6.09 Å². The van der Waals surface area contributed by atoms with E-state index >= 15 is 0 Å². The normalized spacial score (nSPS) is 11.7. The third-order valence-corrected chi connectivity index (χ3v) is 2.21. The molecule has 88 valence electrons. The second kappa shape index (κ2) is 6.00. The molecule has 0 bridgehead atoms. The van der Waals surface area contributed by atoms with Gasteiger partial charge in [0.2, 0.25) is 0 Å². The molecule has 1 N–H and O–H groups in total. The SMILES string of the molecule is CCOc1ccc([C@H](C)NC(=O)OC)cc1. The van der Waals surface area contributed by atoms with Crippen molar-refractivity contribution in [1.82, 2.24) is 5.32 Å². The Balaban J connectivity index is 2.62. The first-order valence-corrected chi connectivity index (χ1v) is 5.24. The van der Waals surface area contributed by atoms with Crippen LogP contribution in [0.25, 0.3) is 0 Å². The van der Waals surface area contributed by atoms with Crippen LogP contribution in [-0.4, -0.2) is 19.8 Å². The first-order chi connectivity index (χ1) is 7.67. The van der Waals surface area contributed by atoms with Gasteiger partial charge in [-0.3, -0.25) is 0 Å². The van der Waals surface area contributed by atoms with Crippen molar-refractivity contribution in [2.45, 2.75) is 19.9 Å². The third kappa shape index (κ3) is 3.46. The van der Waals surface area contributed by atoms with Gasteiger partial charge >= 0.3 is 6.09 Å². The molecule has 0 aliphatic heterocycles. The van der Waals surface area contributed by atoms with Crippen molar-refractivity contribution >= 4 is 6.09 Å². The summed E-state index contributed by atoms with van der Waals surface area (Å²) in [5.41, 5.74) is 1.01. The van der Waals surface area contributed by atoms with Crippen molar-refractivity contribution in [1.29, 1.82) is 0 Å². The first kappa shape index (κ1) is 12.4. The fourth-order valence-electron chi connectivity index (χ4n) is 1.34. The Bertz CT molecular complexity index is 335. The lowest BCUT2D eigenvalue weighted by atomic mass is 10.1. The monoisotopic (exact) mass is 223 g/mol. The standard InChI is InChI=1S/C12H17NO3/c1-4-16-11-7-5-10(6-8-11)9(2)13-12(14)15-3/h5-9H,4H2,1-3H3,(H,13,14)/t9-/m0/s1. The molecule has 0 spiro atoms. The molecular formula is C12H17NO3. The Kier molecular flexibility index (Phi) is 4.64. The Morgan fingerprint density at radius 2 is 2.00 bits per heavy atom. The van der Waals surface area contributed by atoms with Crippen molar-refractivity contribution in [3.8, 4) is 5.75 Å². The molecule has 0 saturated heterocycles. The van der Waals surface area contributed by atoms with Crippen LogP contribution >= 0.6 is 0 Å². The van der Waals surface area contributed by atoms with Gasteiger partial charge in [0, 0.05) is 0 Å². The topological polar surface area (TPSA) is 47.6 Å². The molecule has 16 heavy (non-hydrogen) atoms. The van der Waals surface area contributed by atoms with E-state index in [0.717, 1.165) is 11.3 Å². The average molecular weight is 223 g/mol. The van der Waals surface area contributed by atoms with E-state index in [1.165, 1.54) is 7.11 Å². The molecule has 0 unspecified atom stereocenters. The zero-order valence-electron chi connectivity index (χ0n) is 9.82. The zero-order valence-corrected chi connectivity index (χ0v) is 9.82. The quantitative estimate of drug-likeness (QED) is 0.853. The van der Waals surface area contributed by atoms with E-state index in [1.807, 2.05) is 38.1 Å². The van der Waals surface area contributed by atoms with Crippen LogP contribution in [0, 0.1) is 0 Å². The zero-order chi connectivity index (χ0) is 12.0. The van der Waals surface area contributed by atoms with Gasteiger partial charge in [0.25, 0.3) is 0 Å². The molecule has 1 aromatic carbocycles. The van der Waals surface area contributed by atoms with E-state index in [2.05, 4.69) is 10.1 Å². The third-order valence-electron chi connectivity index (χ3n) is 2.21. The fourth-order valence-corrected chi connectivity index (χ4v) is 1.34. The molecule has 0 aliphatic rings. The molecule has 0 radical (unpaired) electrons. The minimum absolute atomic E-state index is 0.0804. The Morgan fingerprint density at radius 1 is 1.38 bits per heavy atom. The highest BCUT2D eigenvalue weighted by atomic mass is 16.5. The largest absolute Gasteiger partial charge is 0.494 e. The van der Waals surface area contributed by atoms with Crippen LogP contribution < -0.4 is 10.1 Å². The summed E-state index contributed by atoms with van der Waals surface area (Å²) in [7, 11) is 1.35. The van der Waals surface area contributed by atoms with Crippen LogP contribution in [0.2, 0.25) is 0 Å². The number of ether oxygens (including phenoxy) is 2. The van der Waals surface area contributed by atoms with Crippen molar-refractivity contribution in [3.63, 3.8) is 0 Å². The summed E-state index contributed by atoms with van der Waals surface area (Å²) in [4.78, 5) is 11.0. The maximum absolute atomic E-state index is 11.0. The molecule has 4 heteroatoms. The highest BCUT2D eigenvalue weighted by Gasteiger charge is 2.08. The number of carbonyl (C=O) groups excluding carboxylic acids is 1. The number of hydrogen-bond acceptors (Lipinski definition) is 3. The van der Waals surface area contributed by atoms with Gasteiger partial charge in [-0.25, -0.2) is 4.79 Å². The molecular weight excluding hydrogens is 206 g/mol. The van der Waals surface area contributed by atoms with Crippen LogP contribution in [0.3, 0.4) is 0 Å². The van der Waals surface area contributed by atoms with Crippen LogP contribution in [0.5, 0.6) is 5.75 Å². The highest BCUT2D eigenvalue weighted by Crippen LogP contribution is 2.17. The second-order valence-electron chi connectivity index (χ2n) is 3.36. The lowest BCUT2D eigenvalue weighted by molar-refractivity contribution is 0.167. The Labute approximate surface area is 95.6 Å². The summed E-state index contributed by atoms with van der Waals surface area (Å²) in [5, 5.41) is 2.70. The number of alkyl carbamates (subject to hydrolysis) is 1. The van der Waals surface area contributed by atoms with Crippen LogP contribution in [0.1, 0.15) is 25.5 Å². The number of hydrogen-bond donors (Lipinski definition) is 1. The summed E-state index contributed by atoms with van der Waals surface area (Å²) < 4.78 is 9.86. The summed E-state index contributed by atoms with van der Waals surface area (Å²) in [5.74, 6) is 0.830. The lowest BCUT2D eigenvalue weighted by Gasteiger charge is -2.13. The van der Waals surface area contributed by atoms with E-state index in [0.29, 0.717) is 6.61 Å². The van der Waals surface area contributed by atoms with Gasteiger partial charge in [0.1, 0.15) is 5.75 Å². The van der Waals surface area contributed by atoms with Gasteiger partial charge in [0.15, 0.2) is 0 Å². The van der Waals surface area contributed by atoms with Gasteiger partial charge in [-0.1, -0.05) is 12.1 Å². The summed E-state index contributed by atoms with van der Waals surface area (Å²) in [6.07, 6.45) is -0.429. The number of benzene rings is 1. The lowest BCUT2D eigenvalue weighted by Crippen LogP contribution is -2.26. The van der Waals surface area contributed by atoms with Crippen molar-refractivity contribution in [3.05, 3.63) is 29.8 Å². The number of methoxy groups -OCH3 is 1. The maximum atomic E-state index is 11.0. The van der Waals surface area contributed by atoms with Gasteiger partial charge in [-0.2, -0.15) is 0 Å². The predicted octanol–water partition coefficient (Wildman–Crippen LogP) is 2.50. The summed E-state index contributed by atoms with van der Waals surface area (Å²) in [6.45, 7) is 4.48. The molecule has 0 heterocycles. The van der Waals surface area contributed by atoms with Gasteiger partial charge < -0.3 is 14.8 Å². The molecule has 1 atom stereocenters. The molecule has 1 aromatic rings. The predicted molar refractivity (Wildman–Crippen MR) is 61.6 cm³/mol. The number of amides is 1. The van der Waals surface area contributed by atoms with E-state index in [9.17, 15) is 4.79 Å². The molecule has 1 rings (SSSR count). The number of nitrogens with one attached hydrogen (secondary N) is 1. The van der Waals surface area contributed by atoms with Crippen molar-refractivity contribution < 1.29 is 14.3 Å². The molecule has 0 aromatic heterocycles. The summed E-state index contributed by atoms with van der Waals surface area (Å²) >= 11 is 0. The maximum Gasteiger partial charge on any atom is 0.407 e. The molecule has 0 aliphatic carbocycles. The first-order valence-electron chi connectivity index (χ1n) is 5.24. The molecule has 1 amide bonds. The molecule has 4 nitrogen and oxygen atoms in total. The van der Waals surface area contributed by atoms with Crippen LogP contribution in [0.4, 0.5) is 4.79 Å². The van der Waals surface area contributed by atoms with Crippen LogP contribution in [-0.2, 0) is 4.74 Å². The van der Waals surface area contributed by atoms with Gasteiger partial charge in [-0.15, -0.1) is 0 Å². The van der Waals surface area contributed by atoms with Crippen LogP contribution in [0.15, 0.2) is 24.3 Å². The summed E-state index contributed by atoms with van der Waals surface area (Å²) in [6, 6.07) is 7.53. The van der Waals surface area contributed by atoms with Gasteiger partial charge in [0.05, 0.1) is 19.8 Å². The van der Waals surface area contributed by atoms with Crippen molar-refractivity contribution in [2.24, 2.45) is 0 Å². The fraction of sp³-hybridized carbons (Fsp3) is 0.417. The average Bonchev–Trinajstić information content (AvgIpc) is 2.30. The smallest absolute Gasteiger partial charge is 0.407 e. The molecule has 0 saturated carbocycles. The minimum atomic E-state index is -0.429. The number of rotatable bonds is 4. The van der Waals surface area contributed by atoms with Gasteiger partial charge in [-0.05, 0) is 31.5 Å².